The number of benzene rings is 1. The molecule has 0 saturated carbocycles. The summed E-state index contributed by atoms with van der Waals surface area (Å²) in [5.74, 6) is -1.07. The van der Waals surface area contributed by atoms with E-state index >= 15 is 0 Å². The van der Waals surface area contributed by atoms with Gasteiger partial charge in [0.2, 0.25) is 0 Å². The molecule has 21 heavy (non-hydrogen) atoms. The molecule has 8 heteroatoms. The van der Waals surface area contributed by atoms with Gasteiger partial charge >= 0.3 is 0 Å². The second-order valence-corrected chi connectivity index (χ2v) is 4.99. The van der Waals surface area contributed by atoms with Crippen LogP contribution in [-0.4, -0.2) is 16.5 Å². The summed E-state index contributed by atoms with van der Waals surface area (Å²) in [5, 5.41) is 15.8. The SMILES string of the molecule is CC(=NNC(=O)c1cccc(F)c1)c1cc([N+](=O)[O-])cs1. The van der Waals surface area contributed by atoms with E-state index in [9.17, 15) is 19.3 Å². The Hall–Kier alpha value is -2.61. The third kappa shape index (κ3) is 3.69. The van der Waals surface area contributed by atoms with E-state index in [0.717, 1.165) is 17.4 Å². The third-order valence-electron chi connectivity index (χ3n) is 2.56. The Kier molecular flexibility index (Phi) is 4.39. The molecule has 0 unspecified atom stereocenters. The Morgan fingerprint density at radius 2 is 2.19 bits per heavy atom. The number of thiophene rings is 1. The second-order valence-electron chi connectivity index (χ2n) is 4.07. The van der Waals surface area contributed by atoms with Gasteiger partial charge in [-0.3, -0.25) is 14.9 Å². The molecule has 1 aromatic heterocycles. The molecule has 0 saturated heterocycles. The van der Waals surface area contributed by atoms with Gasteiger partial charge in [-0.15, -0.1) is 11.3 Å². The molecule has 2 rings (SSSR count). The van der Waals surface area contributed by atoms with E-state index in [0.29, 0.717) is 10.6 Å². The van der Waals surface area contributed by atoms with Crippen molar-refractivity contribution < 1.29 is 14.1 Å². The lowest BCUT2D eigenvalue weighted by Crippen LogP contribution is -2.19. The molecule has 0 aliphatic rings. The Balaban J connectivity index is 2.09. The standard InChI is InChI=1S/C13H10FN3O3S/c1-8(12-6-11(7-21-12)17(19)20)15-16-13(18)9-3-2-4-10(14)5-9/h2-7H,1H3,(H,16,18). The maximum absolute atomic E-state index is 13.0. The number of hydrogen-bond acceptors (Lipinski definition) is 5. The molecule has 0 spiro atoms. The van der Waals surface area contributed by atoms with Crippen LogP contribution in [0.4, 0.5) is 10.1 Å². The largest absolute Gasteiger partial charge is 0.280 e. The van der Waals surface area contributed by atoms with Crippen LogP contribution in [0.2, 0.25) is 0 Å². The maximum atomic E-state index is 13.0. The van der Waals surface area contributed by atoms with Crippen LogP contribution < -0.4 is 5.43 Å². The molecular weight excluding hydrogens is 297 g/mol. The van der Waals surface area contributed by atoms with Crippen LogP contribution in [0.15, 0.2) is 40.8 Å². The Labute approximate surface area is 123 Å². The van der Waals surface area contributed by atoms with Gasteiger partial charge < -0.3 is 0 Å². The summed E-state index contributed by atoms with van der Waals surface area (Å²) in [6, 6.07) is 6.58. The molecule has 2 aromatic rings. The van der Waals surface area contributed by atoms with Gasteiger partial charge in [-0.1, -0.05) is 6.07 Å². The van der Waals surface area contributed by atoms with E-state index in [1.165, 1.54) is 29.6 Å². The average Bonchev–Trinajstić information content (AvgIpc) is 2.94. The highest BCUT2D eigenvalue weighted by Crippen LogP contribution is 2.21. The highest BCUT2D eigenvalue weighted by atomic mass is 32.1. The first-order chi connectivity index (χ1) is 9.97. The second kappa shape index (κ2) is 6.23. The van der Waals surface area contributed by atoms with Crippen molar-refractivity contribution in [3.63, 3.8) is 0 Å². The topological polar surface area (TPSA) is 84.6 Å². The lowest BCUT2D eigenvalue weighted by molar-refractivity contribution is -0.384. The van der Waals surface area contributed by atoms with E-state index in [2.05, 4.69) is 10.5 Å². The Morgan fingerprint density at radius 1 is 1.43 bits per heavy atom. The van der Waals surface area contributed by atoms with Crippen LogP contribution in [0.1, 0.15) is 22.2 Å². The number of nitro groups is 1. The number of nitrogens with one attached hydrogen (secondary N) is 1. The maximum Gasteiger partial charge on any atom is 0.280 e. The Bertz CT molecular complexity index is 727. The third-order valence-corrected chi connectivity index (χ3v) is 3.59. The number of rotatable bonds is 4. The van der Waals surface area contributed by atoms with Crippen LogP contribution in [0.25, 0.3) is 0 Å². The summed E-state index contributed by atoms with van der Waals surface area (Å²) >= 11 is 1.15. The zero-order valence-corrected chi connectivity index (χ0v) is 11.7. The van der Waals surface area contributed by atoms with Gasteiger partial charge in [0.15, 0.2) is 0 Å². The van der Waals surface area contributed by atoms with Crippen molar-refractivity contribution in [2.75, 3.05) is 0 Å². The van der Waals surface area contributed by atoms with E-state index in [-0.39, 0.29) is 11.3 Å². The van der Waals surface area contributed by atoms with E-state index in [4.69, 9.17) is 0 Å². The lowest BCUT2D eigenvalue weighted by Gasteiger charge is -2.01. The zero-order valence-electron chi connectivity index (χ0n) is 10.9. The highest BCUT2D eigenvalue weighted by Gasteiger charge is 2.11. The molecule has 1 amide bonds. The highest BCUT2D eigenvalue weighted by molar-refractivity contribution is 7.12. The quantitative estimate of drug-likeness (QED) is 0.535. The fourth-order valence-electron chi connectivity index (χ4n) is 1.50. The van der Waals surface area contributed by atoms with Crippen molar-refractivity contribution in [1.82, 2.24) is 5.43 Å². The normalized spacial score (nSPS) is 11.2. The molecule has 0 radical (unpaired) electrons. The molecule has 0 aliphatic heterocycles. The van der Waals surface area contributed by atoms with Crippen molar-refractivity contribution in [3.05, 3.63) is 62.1 Å². The molecule has 1 N–H and O–H groups in total. The van der Waals surface area contributed by atoms with Gasteiger partial charge in [-0.2, -0.15) is 5.10 Å². The van der Waals surface area contributed by atoms with Crippen LogP contribution in [0, 0.1) is 15.9 Å². The number of halogens is 1. The monoisotopic (exact) mass is 307 g/mol. The zero-order chi connectivity index (χ0) is 15.4. The predicted octanol–water partition coefficient (Wildman–Crippen LogP) is 2.95. The fraction of sp³-hybridized carbons (Fsp3) is 0.0769. The van der Waals surface area contributed by atoms with Gasteiger partial charge in [-0.25, -0.2) is 9.82 Å². The minimum absolute atomic E-state index is 0.0268. The number of hydrazone groups is 1. The van der Waals surface area contributed by atoms with E-state index in [1.54, 1.807) is 6.92 Å². The van der Waals surface area contributed by atoms with Gasteiger partial charge in [0, 0.05) is 11.6 Å². The van der Waals surface area contributed by atoms with Crippen LogP contribution in [0.5, 0.6) is 0 Å². The van der Waals surface area contributed by atoms with Gasteiger partial charge in [0.25, 0.3) is 11.6 Å². The first-order valence-corrected chi connectivity index (χ1v) is 6.69. The van der Waals surface area contributed by atoms with Crippen molar-refractivity contribution in [3.8, 4) is 0 Å². The fourth-order valence-corrected chi connectivity index (χ4v) is 2.30. The minimum atomic E-state index is -0.556. The summed E-state index contributed by atoms with van der Waals surface area (Å²) in [5.41, 5.74) is 2.83. The number of carbonyl (C=O) groups excluding carboxylic acids is 1. The predicted molar refractivity (Wildman–Crippen MR) is 77.1 cm³/mol. The minimum Gasteiger partial charge on any atom is -0.267 e. The van der Waals surface area contributed by atoms with Crippen LogP contribution >= 0.6 is 11.3 Å². The molecule has 1 heterocycles. The van der Waals surface area contributed by atoms with Gasteiger partial charge in [0.05, 0.1) is 20.9 Å². The summed E-state index contributed by atoms with van der Waals surface area (Å²) in [7, 11) is 0. The molecule has 0 bridgehead atoms. The van der Waals surface area contributed by atoms with E-state index < -0.39 is 16.6 Å². The first kappa shape index (κ1) is 14.8. The Morgan fingerprint density at radius 3 is 2.81 bits per heavy atom. The van der Waals surface area contributed by atoms with Crippen molar-refractivity contribution in [2.24, 2.45) is 5.10 Å². The summed E-state index contributed by atoms with van der Waals surface area (Å²) < 4.78 is 13.0. The molecule has 6 nitrogen and oxygen atoms in total. The molecule has 0 atom stereocenters. The van der Waals surface area contributed by atoms with Crippen LogP contribution in [-0.2, 0) is 0 Å². The average molecular weight is 307 g/mol. The van der Waals surface area contributed by atoms with E-state index in [1.807, 2.05) is 0 Å². The number of carbonyl (C=O) groups is 1. The molecule has 0 aliphatic carbocycles. The van der Waals surface area contributed by atoms with Gasteiger partial charge in [-0.05, 0) is 25.1 Å². The molecule has 1 aromatic carbocycles. The summed E-state index contributed by atoms with van der Waals surface area (Å²) in [4.78, 5) is 22.4. The van der Waals surface area contributed by atoms with Crippen LogP contribution in [0.3, 0.4) is 0 Å². The first-order valence-electron chi connectivity index (χ1n) is 5.81. The summed E-state index contributed by atoms with van der Waals surface area (Å²) in [6.45, 7) is 1.61. The van der Waals surface area contributed by atoms with Crippen molar-refractivity contribution >= 4 is 28.6 Å². The lowest BCUT2D eigenvalue weighted by atomic mass is 10.2. The number of hydrogen-bond donors (Lipinski definition) is 1. The number of amides is 1. The van der Waals surface area contributed by atoms with Crippen molar-refractivity contribution in [2.45, 2.75) is 6.92 Å². The smallest absolute Gasteiger partial charge is 0.267 e. The molecule has 108 valence electrons. The molecule has 0 fully saturated rings. The summed E-state index contributed by atoms with van der Waals surface area (Å²) in [6.07, 6.45) is 0. The van der Waals surface area contributed by atoms with Crippen molar-refractivity contribution in [1.29, 1.82) is 0 Å². The number of nitrogens with zero attached hydrogens (tertiary/aromatic N) is 2. The molecular formula is C13H10FN3O3S. The van der Waals surface area contributed by atoms with Gasteiger partial charge in [0.1, 0.15) is 5.82 Å².